The molecule has 0 atom stereocenters. The molecule has 0 radical (unpaired) electrons. The van der Waals surface area contributed by atoms with Gasteiger partial charge in [0.05, 0.1) is 12.8 Å². The van der Waals surface area contributed by atoms with Crippen molar-refractivity contribution in [3.63, 3.8) is 0 Å². The van der Waals surface area contributed by atoms with Crippen LogP contribution in [0.1, 0.15) is 25.8 Å². The second-order valence-electron chi connectivity index (χ2n) is 3.88. The molecule has 1 rings (SSSR count). The van der Waals surface area contributed by atoms with Crippen LogP contribution in [0.25, 0.3) is 0 Å². The molecular weight excluding hydrogens is 214 g/mol. The van der Waals surface area contributed by atoms with Gasteiger partial charge in [-0.15, -0.1) is 0 Å². The number of nitrogens with two attached hydrogens (primary N) is 1. The molecule has 4 heteroatoms. The van der Waals surface area contributed by atoms with Crippen molar-refractivity contribution in [1.29, 1.82) is 5.41 Å². The van der Waals surface area contributed by atoms with E-state index in [4.69, 9.17) is 15.9 Å². The first-order valence-corrected chi connectivity index (χ1v) is 5.91. The Labute approximate surface area is 103 Å². The van der Waals surface area contributed by atoms with Crippen LogP contribution >= 0.6 is 0 Å². The number of amidine groups is 1. The largest absolute Gasteiger partial charge is 0.497 e. The fourth-order valence-electron chi connectivity index (χ4n) is 1.85. The van der Waals surface area contributed by atoms with Gasteiger partial charge < -0.3 is 15.4 Å². The minimum absolute atomic E-state index is 0.0946. The van der Waals surface area contributed by atoms with E-state index in [0.29, 0.717) is 0 Å². The standard InChI is InChI=1S/C13H21N3O/c1-4-8-16(5-2)12-9-10(17-3)6-7-11(12)13(14)15/h6-7,9H,4-5,8H2,1-3H3,(H3,14,15). The van der Waals surface area contributed by atoms with Crippen molar-refractivity contribution in [1.82, 2.24) is 0 Å². The predicted octanol–water partition coefficient (Wildman–Crippen LogP) is 2.22. The normalized spacial score (nSPS) is 10.1. The van der Waals surface area contributed by atoms with E-state index in [1.165, 1.54) is 0 Å². The van der Waals surface area contributed by atoms with Crippen molar-refractivity contribution in [3.05, 3.63) is 23.8 Å². The number of methoxy groups -OCH3 is 1. The number of nitrogen functional groups attached to an aromatic ring is 1. The van der Waals surface area contributed by atoms with E-state index in [2.05, 4.69) is 18.7 Å². The number of anilines is 1. The van der Waals surface area contributed by atoms with Gasteiger partial charge >= 0.3 is 0 Å². The van der Waals surface area contributed by atoms with Crippen LogP contribution in [0, 0.1) is 5.41 Å². The maximum Gasteiger partial charge on any atom is 0.124 e. The van der Waals surface area contributed by atoms with Gasteiger partial charge in [0.25, 0.3) is 0 Å². The topological polar surface area (TPSA) is 62.3 Å². The summed E-state index contributed by atoms with van der Waals surface area (Å²) in [6, 6.07) is 5.62. The molecule has 4 nitrogen and oxygen atoms in total. The molecule has 94 valence electrons. The Hall–Kier alpha value is -1.71. The van der Waals surface area contributed by atoms with Gasteiger partial charge in [0, 0.05) is 24.7 Å². The van der Waals surface area contributed by atoms with Gasteiger partial charge in [-0.3, -0.25) is 5.41 Å². The zero-order chi connectivity index (χ0) is 12.8. The van der Waals surface area contributed by atoms with Gasteiger partial charge in [0.15, 0.2) is 0 Å². The molecule has 0 bridgehead atoms. The zero-order valence-electron chi connectivity index (χ0n) is 10.8. The third-order valence-corrected chi connectivity index (χ3v) is 2.71. The molecule has 0 aliphatic carbocycles. The summed E-state index contributed by atoms with van der Waals surface area (Å²) >= 11 is 0. The van der Waals surface area contributed by atoms with Crippen LogP contribution < -0.4 is 15.4 Å². The molecule has 0 heterocycles. The van der Waals surface area contributed by atoms with Crippen molar-refractivity contribution >= 4 is 11.5 Å². The SMILES string of the molecule is CCCN(CC)c1cc(OC)ccc1C(=N)N. The van der Waals surface area contributed by atoms with Crippen LogP contribution in [0.2, 0.25) is 0 Å². The Bertz CT molecular complexity index is 390. The summed E-state index contributed by atoms with van der Waals surface area (Å²) in [5.41, 5.74) is 7.35. The molecule has 0 saturated carbocycles. The number of nitrogens with zero attached hydrogens (tertiary/aromatic N) is 1. The third-order valence-electron chi connectivity index (χ3n) is 2.71. The monoisotopic (exact) mass is 235 g/mol. The molecule has 3 N–H and O–H groups in total. The van der Waals surface area contributed by atoms with Crippen molar-refractivity contribution in [2.45, 2.75) is 20.3 Å². The summed E-state index contributed by atoms with van der Waals surface area (Å²) < 4.78 is 5.22. The fraction of sp³-hybridized carbons (Fsp3) is 0.462. The third kappa shape index (κ3) is 3.12. The van der Waals surface area contributed by atoms with Crippen molar-refractivity contribution < 1.29 is 4.74 Å². The Kier molecular flexibility index (Phi) is 4.82. The molecule has 1 aromatic rings. The Morgan fingerprint density at radius 2 is 2.12 bits per heavy atom. The number of hydrogen-bond donors (Lipinski definition) is 2. The van der Waals surface area contributed by atoms with Gasteiger partial charge in [-0.05, 0) is 25.5 Å². The molecule has 17 heavy (non-hydrogen) atoms. The second kappa shape index (κ2) is 6.13. The molecule has 0 spiro atoms. The molecule has 1 aromatic carbocycles. The number of hydrogen-bond acceptors (Lipinski definition) is 3. The van der Waals surface area contributed by atoms with Crippen molar-refractivity contribution in [3.8, 4) is 5.75 Å². The predicted molar refractivity (Wildman–Crippen MR) is 72.2 cm³/mol. The van der Waals surface area contributed by atoms with Crippen molar-refractivity contribution in [2.75, 3.05) is 25.1 Å². The zero-order valence-corrected chi connectivity index (χ0v) is 10.8. The average molecular weight is 235 g/mol. The minimum Gasteiger partial charge on any atom is -0.497 e. The lowest BCUT2D eigenvalue weighted by molar-refractivity contribution is 0.414. The summed E-state index contributed by atoms with van der Waals surface area (Å²) in [4.78, 5) is 2.21. The number of benzene rings is 1. The van der Waals surface area contributed by atoms with E-state index < -0.39 is 0 Å². The maximum absolute atomic E-state index is 7.61. The van der Waals surface area contributed by atoms with E-state index in [-0.39, 0.29) is 5.84 Å². The van der Waals surface area contributed by atoms with E-state index in [1.807, 2.05) is 18.2 Å². The number of ether oxygens (including phenoxy) is 1. The Balaban J connectivity index is 3.19. The van der Waals surface area contributed by atoms with Gasteiger partial charge in [0.2, 0.25) is 0 Å². The van der Waals surface area contributed by atoms with E-state index in [9.17, 15) is 0 Å². The highest BCUT2D eigenvalue weighted by Crippen LogP contribution is 2.26. The highest BCUT2D eigenvalue weighted by atomic mass is 16.5. The number of rotatable bonds is 6. The van der Waals surface area contributed by atoms with Gasteiger partial charge in [0.1, 0.15) is 11.6 Å². The lowest BCUT2D eigenvalue weighted by Gasteiger charge is -2.25. The quantitative estimate of drug-likeness (QED) is 0.587. The van der Waals surface area contributed by atoms with Crippen LogP contribution in [0.3, 0.4) is 0 Å². The average Bonchev–Trinajstić information content (AvgIpc) is 2.35. The summed E-state index contributed by atoms with van der Waals surface area (Å²) in [6.07, 6.45) is 1.06. The molecule has 0 aliphatic rings. The molecule has 0 unspecified atom stereocenters. The first-order chi connectivity index (χ1) is 8.13. The summed E-state index contributed by atoms with van der Waals surface area (Å²) in [7, 11) is 1.64. The first kappa shape index (κ1) is 13.4. The molecule has 0 amide bonds. The highest BCUT2D eigenvalue weighted by Gasteiger charge is 2.12. The summed E-state index contributed by atoms with van der Waals surface area (Å²) in [6.45, 7) is 6.07. The van der Waals surface area contributed by atoms with E-state index in [0.717, 1.165) is 36.5 Å². The second-order valence-corrected chi connectivity index (χ2v) is 3.88. The fourth-order valence-corrected chi connectivity index (χ4v) is 1.85. The van der Waals surface area contributed by atoms with E-state index >= 15 is 0 Å². The van der Waals surface area contributed by atoms with Gasteiger partial charge in [-0.1, -0.05) is 6.92 Å². The molecule has 0 aliphatic heterocycles. The van der Waals surface area contributed by atoms with Crippen molar-refractivity contribution in [2.24, 2.45) is 5.73 Å². The summed E-state index contributed by atoms with van der Waals surface area (Å²) in [5.74, 6) is 0.886. The molecule has 0 saturated heterocycles. The van der Waals surface area contributed by atoms with Crippen LogP contribution in [0.15, 0.2) is 18.2 Å². The highest BCUT2D eigenvalue weighted by molar-refractivity contribution is 6.00. The van der Waals surface area contributed by atoms with Crippen LogP contribution in [0.4, 0.5) is 5.69 Å². The minimum atomic E-state index is 0.0946. The Morgan fingerprint density at radius 3 is 2.59 bits per heavy atom. The lowest BCUT2D eigenvalue weighted by atomic mass is 10.1. The smallest absolute Gasteiger partial charge is 0.124 e. The van der Waals surface area contributed by atoms with Gasteiger partial charge in [-0.2, -0.15) is 0 Å². The van der Waals surface area contributed by atoms with E-state index in [1.54, 1.807) is 7.11 Å². The lowest BCUT2D eigenvalue weighted by Crippen LogP contribution is -2.27. The molecule has 0 fully saturated rings. The van der Waals surface area contributed by atoms with Crippen LogP contribution in [-0.2, 0) is 0 Å². The summed E-state index contributed by atoms with van der Waals surface area (Å²) in [5, 5.41) is 7.61. The number of nitrogens with one attached hydrogen (secondary N) is 1. The van der Waals surface area contributed by atoms with Crippen LogP contribution in [0.5, 0.6) is 5.75 Å². The van der Waals surface area contributed by atoms with Gasteiger partial charge in [-0.25, -0.2) is 0 Å². The Morgan fingerprint density at radius 1 is 1.41 bits per heavy atom. The maximum atomic E-state index is 7.61. The van der Waals surface area contributed by atoms with Crippen LogP contribution in [-0.4, -0.2) is 26.0 Å². The molecular formula is C13H21N3O. The molecule has 0 aromatic heterocycles. The first-order valence-electron chi connectivity index (χ1n) is 5.91.